The van der Waals surface area contributed by atoms with E-state index in [1.54, 1.807) is 5.30 Å². The largest absolute Gasteiger partial charge is 0.0745 e. The van der Waals surface area contributed by atoms with E-state index in [4.69, 9.17) is 0 Å². The molecule has 0 N–H and O–H groups in total. The minimum Gasteiger partial charge on any atom is -0.0745 e. The van der Waals surface area contributed by atoms with Crippen molar-refractivity contribution in [2.45, 2.75) is 41.5 Å². The predicted octanol–water partition coefficient (Wildman–Crippen LogP) is 4.72. The van der Waals surface area contributed by atoms with Crippen LogP contribution in [0.1, 0.15) is 38.8 Å². The third-order valence-corrected chi connectivity index (χ3v) is 6.38. The van der Waals surface area contributed by atoms with E-state index in [-0.39, 0.29) is 7.92 Å². The van der Waals surface area contributed by atoms with Gasteiger partial charge in [0.2, 0.25) is 0 Å². The lowest BCUT2D eigenvalue weighted by Gasteiger charge is -2.24. The van der Waals surface area contributed by atoms with Crippen LogP contribution in [0, 0.1) is 25.7 Å². The Morgan fingerprint density at radius 2 is 1.47 bits per heavy atom. The topological polar surface area (TPSA) is 0 Å². The van der Waals surface area contributed by atoms with Crippen molar-refractivity contribution in [1.29, 1.82) is 0 Å². The van der Waals surface area contributed by atoms with Gasteiger partial charge in [0.25, 0.3) is 0 Å². The minimum absolute atomic E-state index is 0.0283. The SMILES string of the molecule is Cc1ccc(C)c(P(CC(C)C)CC(C)C)c1. The molecule has 0 aliphatic carbocycles. The van der Waals surface area contributed by atoms with Gasteiger partial charge in [0.15, 0.2) is 0 Å². The van der Waals surface area contributed by atoms with Crippen molar-refractivity contribution in [3.63, 3.8) is 0 Å². The standard InChI is InChI=1S/C16H27P/c1-12(2)10-17(11-13(3)4)16-9-14(5)7-8-15(16)6/h7-9,12-13H,10-11H2,1-6H3. The molecule has 0 aromatic heterocycles. The van der Waals surface area contributed by atoms with Gasteiger partial charge in [-0.3, -0.25) is 0 Å². The predicted molar refractivity (Wildman–Crippen MR) is 81.9 cm³/mol. The molecule has 0 aliphatic rings. The highest BCUT2D eigenvalue weighted by Gasteiger charge is 2.16. The molecule has 0 amide bonds. The first-order valence-electron chi connectivity index (χ1n) is 6.72. The molecule has 0 spiro atoms. The van der Waals surface area contributed by atoms with E-state index in [2.05, 4.69) is 59.7 Å². The van der Waals surface area contributed by atoms with Gasteiger partial charge >= 0.3 is 0 Å². The van der Waals surface area contributed by atoms with E-state index in [0.717, 1.165) is 11.8 Å². The molecule has 0 fully saturated rings. The summed E-state index contributed by atoms with van der Waals surface area (Å²) in [6.07, 6.45) is 2.75. The van der Waals surface area contributed by atoms with Crippen molar-refractivity contribution in [1.82, 2.24) is 0 Å². The Hall–Kier alpha value is -0.350. The first-order chi connectivity index (χ1) is 7.90. The summed E-state index contributed by atoms with van der Waals surface area (Å²) in [5.74, 6) is 1.61. The molecule has 1 rings (SSSR count). The summed E-state index contributed by atoms with van der Waals surface area (Å²) in [6, 6.07) is 6.95. The molecule has 0 nitrogen and oxygen atoms in total. The fourth-order valence-corrected chi connectivity index (χ4v) is 5.48. The number of aryl methyl sites for hydroxylation is 2. The van der Waals surface area contributed by atoms with Crippen LogP contribution in [-0.4, -0.2) is 12.3 Å². The highest BCUT2D eigenvalue weighted by atomic mass is 31.1. The number of hydrogen-bond donors (Lipinski definition) is 0. The molecule has 0 unspecified atom stereocenters. The van der Waals surface area contributed by atoms with Gasteiger partial charge in [0.1, 0.15) is 0 Å². The normalized spacial score (nSPS) is 11.8. The van der Waals surface area contributed by atoms with Gasteiger partial charge < -0.3 is 0 Å². The third-order valence-electron chi connectivity index (χ3n) is 2.88. The maximum Gasteiger partial charge on any atom is -0.0208 e. The molecular weight excluding hydrogens is 223 g/mol. The van der Waals surface area contributed by atoms with Crippen LogP contribution in [0.4, 0.5) is 0 Å². The molecule has 1 heteroatoms. The van der Waals surface area contributed by atoms with Gasteiger partial charge in [-0.05, 0) is 48.9 Å². The van der Waals surface area contributed by atoms with Crippen LogP contribution in [0.3, 0.4) is 0 Å². The second-order valence-corrected chi connectivity index (χ2v) is 8.27. The van der Waals surface area contributed by atoms with Gasteiger partial charge in [0, 0.05) is 0 Å². The molecule has 0 saturated heterocycles. The molecule has 17 heavy (non-hydrogen) atoms. The Morgan fingerprint density at radius 1 is 0.941 bits per heavy atom. The monoisotopic (exact) mass is 250 g/mol. The average molecular weight is 250 g/mol. The van der Waals surface area contributed by atoms with E-state index >= 15 is 0 Å². The van der Waals surface area contributed by atoms with Gasteiger partial charge in [-0.25, -0.2) is 0 Å². The van der Waals surface area contributed by atoms with Crippen molar-refractivity contribution < 1.29 is 0 Å². The van der Waals surface area contributed by atoms with Crippen LogP contribution >= 0.6 is 7.92 Å². The van der Waals surface area contributed by atoms with Crippen LogP contribution in [0.25, 0.3) is 0 Å². The summed E-state index contributed by atoms with van der Waals surface area (Å²) in [6.45, 7) is 13.9. The molecule has 0 atom stereocenters. The van der Waals surface area contributed by atoms with Crippen LogP contribution in [0.5, 0.6) is 0 Å². The molecule has 1 aromatic rings. The van der Waals surface area contributed by atoms with Crippen LogP contribution in [0.15, 0.2) is 18.2 Å². The molecule has 0 radical (unpaired) electrons. The van der Waals surface area contributed by atoms with Crippen LogP contribution in [0.2, 0.25) is 0 Å². The first kappa shape index (κ1) is 14.7. The smallest absolute Gasteiger partial charge is 0.0208 e. The zero-order valence-electron chi connectivity index (χ0n) is 12.2. The fourth-order valence-electron chi connectivity index (χ4n) is 2.21. The molecular formula is C16H27P. The van der Waals surface area contributed by atoms with E-state index < -0.39 is 0 Å². The quantitative estimate of drug-likeness (QED) is 0.663. The molecule has 0 aliphatic heterocycles. The summed E-state index contributed by atoms with van der Waals surface area (Å²) >= 11 is 0. The zero-order chi connectivity index (χ0) is 13.0. The average Bonchev–Trinajstić information content (AvgIpc) is 2.19. The van der Waals surface area contributed by atoms with Crippen LogP contribution in [-0.2, 0) is 0 Å². The van der Waals surface area contributed by atoms with Gasteiger partial charge in [0.05, 0.1) is 0 Å². The number of rotatable bonds is 5. The van der Waals surface area contributed by atoms with E-state index in [1.165, 1.54) is 23.5 Å². The maximum absolute atomic E-state index is 2.42. The highest BCUT2D eigenvalue weighted by molar-refractivity contribution is 7.65. The van der Waals surface area contributed by atoms with Crippen molar-refractivity contribution >= 4 is 13.2 Å². The minimum atomic E-state index is 0.0283. The van der Waals surface area contributed by atoms with Gasteiger partial charge in [-0.1, -0.05) is 59.4 Å². The molecule has 1 aromatic carbocycles. The second kappa shape index (κ2) is 6.55. The summed E-state index contributed by atoms with van der Waals surface area (Å²) in [5, 5.41) is 1.64. The van der Waals surface area contributed by atoms with Crippen molar-refractivity contribution in [2.24, 2.45) is 11.8 Å². The summed E-state index contributed by atoms with van der Waals surface area (Å²) in [4.78, 5) is 0. The first-order valence-corrected chi connectivity index (χ1v) is 8.43. The molecule has 0 bridgehead atoms. The lowest BCUT2D eigenvalue weighted by atomic mass is 10.2. The zero-order valence-corrected chi connectivity index (χ0v) is 13.1. The van der Waals surface area contributed by atoms with E-state index in [1.807, 2.05) is 0 Å². The summed E-state index contributed by atoms with van der Waals surface area (Å²) in [7, 11) is 0.0283. The Bertz CT molecular complexity index is 343. The highest BCUT2D eigenvalue weighted by Crippen LogP contribution is 2.39. The van der Waals surface area contributed by atoms with Gasteiger partial charge in [-0.15, -0.1) is 0 Å². The van der Waals surface area contributed by atoms with Gasteiger partial charge in [-0.2, -0.15) is 0 Å². The second-order valence-electron chi connectivity index (χ2n) is 5.98. The molecule has 96 valence electrons. The Balaban J connectivity index is 2.98. The summed E-state index contributed by atoms with van der Waals surface area (Å²) in [5.41, 5.74) is 2.90. The van der Waals surface area contributed by atoms with Crippen molar-refractivity contribution in [3.8, 4) is 0 Å². The molecule has 0 saturated carbocycles. The van der Waals surface area contributed by atoms with Crippen molar-refractivity contribution in [3.05, 3.63) is 29.3 Å². The Morgan fingerprint density at radius 3 is 1.94 bits per heavy atom. The van der Waals surface area contributed by atoms with E-state index in [9.17, 15) is 0 Å². The third kappa shape index (κ3) is 4.80. The summed E-state index contributed by atoms with van der Waals surface area (Å²) < 4.78 is 0. The Kier molecular flexibility index (Phi) is 5.67. The molecule has 0 heterocycles. The Labute approximate surface area is 109 Å². The van der Waals surface area contributed by atoms with E-state index in [0.29, 0.717) is 0 Å². The maximum atomic E-state index is 2.42. The van der Waals surface area contributed by atoms with Crippen molar-refractivity contribution in [2.75, 3.05) is 12.3 Å². The fraction of sp³-hybridized carbons (Fsp3) is 0.625. The van der Waals surface area contributed by atoms with Crippen LogP contribution < -0.4 is 5.30 Å². The number of benzene rings is 1. The lowest BCUT2D eigenvalue weighted by Crippen LogP contribution is -2.15. The lowest BCUT2D eigenvalue weighted by molar-refractivity contribution is 0.721. The number of hydrogen-bond acceptors (Lipinski definition) is 0.